The molecule has 10 unspecified atom stereocenters. The summed E-state index contributed by atoms with van der Waals surface area (Å²) in [7, 11) is 5.90. The second-order valence-corrected chi connectivity index (χ2v) is 27.0. The van der Waals surface area contributed by atoms with E-state index in [-0.39, 0.29) is 31.4 Å². The highest BCUT2D eigenvalue weighted by molar-refractivity contribution is 8.02. The van der Waals surface area contributed by atoms with Crippen molar-refractivity contribution in [2.24, 2.45) is 23.3 Å². The van der Waals surface area contributed by atoms with Crippen LogP contribution in [0.15, 0.2) is 23.4 Å². The van der Waals surface area contributed by atoms with Gasteiger partial charge in [0.15, 0.2) is 0 Å². The van der Waals surface area contributed by atoms with Crippen LogP contribution in [0.25, 0.3) is 0 Å². The molecule has 28 nitrogen and oxygen atoms in total. The van der Waals surface area contributed by atoms with E-state index >= 15 is 0 Å². The van der Waals surface area contributed by atoms with Crippen molar-refractivity contribution in [1.82, 2.24) is 42.5 Å². The van der Waals surface area contributed by atoms with Crippen molar-refractivity contribution in [2.45, 2.75) is 261 Å². The quantitative estimate of drug-likeness (QED) is 0.0203. The molecule has 2 aliphatic heterocycles. The molecule has 14 atom stereocenters. The molecule has 1 fully saturated rings. The lowest BCUT2D eigenvalue weighted by molar-refractivity contribution is -0.873. The number of hydrogen-bond acceptors (Lipinski definition) is 18. The summed E-state index contributed by atoms with van der Waals surface area (Å²) in [5.74, 6) is -11.9. The monoisotopic (exact) mass is 1310 g/mol. The van der Waals surface area contributed by atoms with E-state index in [0.29, 0.717) is 43.1 Å². The fraction of sp³-hybridized carbons (Fsp3) is 0.774. The number of nitrogens with one attached hydrogen (secondary N) is 8. The number of primary amides is 2. The minimum Gasteiger partial charge on any atom is -0.393 e. The summed E-state index contributed by atoms with van der Waals surface area (Å²) >= 11 is 0.823. The Morgan fingerprint density at radius 2 is 1.11 bits per heavy atom. The summed E-state index contributed by atoms with van der Waals surface area (Å²) in [6, 6.07) is -7.93. The highest BCUT2D eigenvalue weighted by Crippen LogP contribution is 2.26. The van der Waals surface area contributed by atoms with Gasteiger partial charge < -0.3 is 94.2 Å². The molecular weight excluding hydrogens is 1200 g/mol. The number of aliphatic hydroxyl groups excluding tert-OH is 7. The lowest BCUT2D eigenvalue weighted by Gasteiger charge is -2.38. The number of unbranched alkanes of at least 4 members (excludes halogenated alkanes) is 11. The number of hydrogen-bond donors (Lipinski definition) is 17. The summed E-state index contributed by atoms with van der Waals surface area (Å²) in [5, 5.41) is 94.3. The van der Waals surface area contributed by atoms with E-state index in [0.717, 1.165) is 88.6 Å². The van der Waals surface area contributed by atoms with Crippen molar-refractivity contribution in [2.75, 3.05) is 33.4 Å². The summed E-state index contributed by atoms with van der Waals surface area (Å²) in [4.78, 5) is 136. The molecule has 0 radical (unpaired) electrons. The number of carbonyl (C=O) groups excluding carboxylic acids is 10. The first kappa shape index (κ1) is 81.3. The molecule has 520 valence electrons. The maximum atomic E-state index is 14.9. The predicted molar refractivity (Wildman–Crippen MR) is 341 cm³/mol. The Labute approximate surface area is 540 Å². The number of rotatable bonds is 38. The second kappa shape index (κ2) is 41.7. The topological polar surface area (TPSA) is 461 Å². The zero-order valence-electron chi connectivity index (χ0n) is 54.7. The fourth-order valence-electron chi connectivity index (χ4n) is 10.8. The summed E-state index contributed by atoms with van der Waals surface area (Å²) in [6.07, 6.45) is 7.39. The van der Waals surface area contributed by atoms with Gasteiger partial charge in [0.2, 0.25) is 53.2 Å². The number of aliphatic hydroxyl groups is 7. The van der Waals surface area contributed by atoms with Crippen molar-refractivity contribution in [1.29, 1.82) is 0 Å². The molecule has 1 saturated heterocycles. The summed E-state index contributed by atoms with van der Waals surface area (Å²) < 4.78 is 0.592. The maximum absolute atomic E-state index is 14.9. The third-order valence-electron chi connectivity index (χ3n) is 16.1. The number of allylic oxidation sites excluding steroid dienone is 1. The van der Waals surface area contributed by atoms with E-state index in [2.05, 4.69) is 42.5 Å². The Bertz CT molecular complexity index is 2410. The van der Waals surface area contributed by atoms with Crippen LogP contribution in [0.1, 0.15) is 182 Å². The van der Waals surface area contributed by atoms with Gasteiger partial charge in [-0.2, -0.15) is 0 Å². The molecule has 2 heterocycles. The molecule has 91 heavy (non-hydrogen) atoms. The van der Waals surface area contributed by atoms with Crippen molar-refractivity contribution in [3.05, 3.63) is 23.4 Å². The molecule has 29 heteroatoms. The van der Waals surface area contributed by atoms with Crippen LogP contribution < -0.4 is 54.0 Å². The average Bonchev–Trinajstić information content (AvgIpc) is 1.76. The summed E-state index contributed by atoms with van der Waals surface area (Å²) in [6.45, 7) is 8.01. The Balaban J connectivity index is 1.92. The Morgan fingerprint density at radius 1 is 0.626 bits per heavy atom. The van der Waals surface area contributed by atoms with Crippen molar-refractivity contribution in [3.63, 3.8) is 0 Å². The van der Waals surface area contributed by atoms with Crippen LogP contribution in [0.3, 0.4) is 0 Å². The first-order chi connectivity index (χ1) is 42.7. The fourth-order valence-corrected chi connectivity index (χ4v) is 11.7. The van der Waals surface area contributed by atoms with E-state index in [1.54, 1.807) is 13.8 Å². The van der Waals surface area contributed by atoms with Crippen molar-refractivity contribution >= 4 is 70.8 Å². The molecule has 19 N–H and O–H groups in total. The molecular formula is C62H110N11O17S+. The smallest absolute Gasteiger partial charge is 0.268 e. The van der Waals surface area contributed by atoms with Gasteiger partial charge in [0.05, 0.1) is 76.5 Å². The number of amides is 10. The van der Waals surface area contributed by atoms with Gasteiger partial charge in [0.1, 0.15) is 54.1 Å². The maximum Gasteiger partial charge on any atom is 0.268 e. The predicted octanol–water partition coefficient (Wildman–Crippen LogP) is -0.879. The Hall–Kier alpha value is -5.79. The van der Waals surface area contributed by atoms with Gasteiger partial charge in [-0.3, -0.25) is 47.9 Å². The Kier molecular flexibility index (Phi) is 37.3. The van der Waals surface area contributed by atoms with Crippen LogP contribution in [0, 0.1) is 11.8 Å². The number of quaternary nitrogens is 1. The molecule has 0 aromatic rings. The molecule has 2 rings (SSSR count). The van der Waals surface area contributed by atoms with Gasteiger partial charge in [0.25, 0.3) is 5.91 Å². The largest absolute Gasteiger partial charge is 0.393 e. The number of nitrogens with zero attached hydrogens (tertiary/aromatic N) is 1. The third-order valence-corrected chi connectivity index (χ3v) is 17.1. The molecule has 0 aliphatic carbocycles. The van der Waals surface area contributed by atoms with Crippen LogP contribution in [0.5, 0.6) is 0 Å². The standard InChI is InChI=1S/C62H109N11O17S/c1-9-46-57(86)71-53(37(2)3)60(89)72-62(36-91-27-26-65-56(85)47(32-51(63)81)68-58(87)48(33-52(64)82)70-61(62)90)34-49(59(88)67-46)69-55(84)39(5)66-54(83)38(4)50(80)23-21-19-17-15-13-11-10-12-14-16-18-20-22-40(74)28-43(77)30-45(79)31-44(78)29-41(75)24-25-42(76)35-73(6,7)8/h9,26-27,37-45,47-50,53,74-80H,10-25,28-36H2,1-8H3,(H11-,63,64,65,66,67,68,69,70,71,72,81,82,83,84,85,86,87,88,89,90)/p+1/b27-26-,46-9+/t38?,39-,40?,41?,42?,43?,44?,45?,47-,48-,49?,50?,53-,62?/m0/s1. The van der Waals surface area contributed by atoms with Crippen molar-refractivity contribution < 1.29 is 88.2 Å². The Morgan fingerprint density at radius 3 is 1.62 bits per heavy atom. The van der Waals surface area contributed by atoms with Gasteiger partial charge in [-0.15, -0.1) is 11.8 Å². The molecule has 2 aliphatic rings. The first-order valence-corrected chi connectivity index (χ1v) is 33.2. The van der Waals surface area contributed by atoms with Gasteiger partial charge in [-0.25, -0.2) is 0 Å². The molecule has 0 aromatic heterocycles. The normalized spacial score (nSPS) is 23.7. The van der Waals surface area contributed by atoms with Crippen LogP contribution in [0.2, 0.25) is 0 Å². The van der Waals surface area contributed by atoms with E-state index in [4.69, 9.17) is 11.5 Å². The van der Waals surface area contributed by atoms with Gasteiger partial charge >= 0.3 is 0 Å². The highest BCUT2D eigenvalue weighted by Gasteiger charge is 2.48. The molecule has 0 bridgehead atoms. The third kappa shape index (κ3) is 32.6. The van der Waals surface area contributed by atoms with E-state index < -0.39 is 174 Å². The number of thioether (sulfide) groups is 1. The molecule has 0 aromatic carbocycles. The van der Waals surface area contributed by atoms with Crippen LogP contribution >= 0.6 is 11.8 Å². The lowest BCUT2D eigenvalue weighted by atomic mass is 9.89. The van der Waals surface area contributed by atoms with Crippen LogP contribution in [-0.4, -0.2) is 211 Å². The zero-order valence-corrected chi connectivity index (χ0v) is 55.5. The van der Waals surface area contributed by atoms with E-state index in [9.17, 15) is 83.7 Å². The summed E-state index contributed by atoms with van der Waals surface area (Å²) in [5.41, 5.74) is 8.18. The lowest BCUT2D eigenvalue weighted by Crippen LogP contribution is -2.68. The number of carbonyl (C=O) groups is 10. The average molecular weight is 1310 g/mol. The number of likely N-dealkylation sites (N-methyl/N-ethyl adjacent to an activating group) is 1. The minimum absolute atomic E-state index is 0.00622. The number of nitrogens with two attached hydrogens (primary N) is 2. The van der Waals surface area contributed by atoms with Crippen molar-refractivity contribution in [3.8, 4) is 0 Å². The van der Waals surface area contributed by atoms with Crippen LogP contribution in [0.4, 0.5) is 0 Å². The molecule has 0 saturated carbocycles. The van der Waals surface area contributed by atoms with E-state index in [1.165, 1.54) is 32.3 Å². The molecule has 1 spiro atoms. The van der Waals surface area contributed by atoms with Gasteiger partial charge in [-0.05, 0) is 76.5 Å². The highest BCUT2D eigenvalue weighted by atomic mass is 32.2. The first-order valence-electron chi connectivity index (χ1n) is 32.2. The minimum atomic E-state index is -2.31. The zero-order chi connectivity index (χ0) is 68.6. The van der Waals surface area contributed by atoms with Gasteiger partial charge in [-0.1, -0.05) is 104 Å². The molecule has 10 amide bonds. The second-order valence-electron chi connectivity index (χ2n) is 26.1. The SMILES string of the molecule is C/C=C1/NC(=O)C(NC(=O)[C@H](C)NC(=O)C(C)C(O)CCCCCCCCCCCCCCC(O)CC(O)CC(O)CC(O)CC(O)CCC(O)C[N+](C)(C)C)CC2(CS/C=C\NC(=O)[C@H](CC(N)=O)NC(=O)[C@H](CC(N)=O)NC2=O)NC(=O)[C@H](C(C)C)NC1=O. The van der Waals surface area contributed by atoms with E-state index in [1.807, 2.05) is 21.1 Å². The van der Waals surface area contributed by atoms with Gasteiger partial charge in [0, 0.05) is 18.4 Å². The van der Waals surface area contributed by atoms with Crippen LogP contribution in [-0.2, 0) is 47.9 Å².